The fourth-order valence-electron chi connectivity index (χ4n) is 4.99. The molecule has 0 aliphatic heterocycles. The fraction of sp³-hybridized carbons (Fsp3) is 0.333. The van der Waals surface area contributed by atoms with Gasteiger partial charge in [-0.2, -0.15) is 0 Å². The Hall–Kier alpha value is -3.07. The maximum Gasteiger partial charge on any atom is 0.264 e. The summed E-state index contributed by atoms with van der Waals surface area (Å²) < 4.78 is 28.8. The van der Waals surface area contributed by atoms with Gasteiger partial charge in [-0.25, -0.2) is 8.42 Å². The lowest BCUT2D eigenvalue weighted by atomic mass is 10.1. The molecule has 7 nitrogen and oxygen atoms in total. The molecule has 1 saturated carbocycles. The predicted octanol–water partition coefficient (Wildman–Crippen LogP) is 6.05. The smallest absolute Gasteiger partial charge is 0.264 e. The second kappa shape index (κ2) is 13.5. The maximum absolute atomic E-state index is 14.1. The van der Waals surface area contributed by atoms with Crippen molar-refractivity contribution in [2.75, 3.05) is 10.8 Å². The standard InChI is InChI=1S/C30H33Cl2N3O4S/c1-2-26(30(37)33-23-14-9-10-15-23)34(20-22-12-5-3-6-13-22)28(36)21-35(27-19-11-18-25(31)29(27)32)40(38,39)24-16-7-4-8-17-24/h3-8,11-13,16-19,23,26H,2,9-10,14-15,20-21H2,1H3,(H,33,37)/t26-/m1/s1. The molecule has 0 radical (unpaired) electrons. The summed E-state index contributed by atoms with van der Waals surface area (Å²) in [6, 6.07) is 21.1. The number of sulfonamides is 1. The Kier molecular flexibility index (Phi) is 10.1. The number of carbonyl (C=O) groups is 2. The van der Waals surface area contributed by atoms with Crippen LogP contribution < -0.4 is 9.62 Å². The zero-order valence-corrected chi connectivity index (χ0v) is 24.6. The van der Waals surface area contributed by atoms with E-state index in [4.69, 9.17) is 23.2 Å². The zero-order valence-electron chi connectivity index (χ0n) is 22.3. The van der Waals surface area contributed by atoms with E-state index in [1.807, 2.05) is 37.3 Å². The number of nitrogens with one attached hydrogen (secondary N) is 1. The largest absolute Gasteiger partial charge is 0.352 e. The van der Waals surface area contributed by atoms with Crippen molar-refractivity contribution in [3.05, 3.63) is 94.5 Å². The van der Waals surface area contributed by atoms with Crippen LogP contribution in [-0.2, 0) is 26.2 Å². The van der Waals surface area contributed by atoms with Crippen molar-refractivity contribution in [1.29, 1.82) is 0 Å². The molecule has 0 spiro atoms. The van der Waals surface area contributed by atoms with E-state index < -0.39 is 28.5 Å². The lowest BCUT2D eigenvalue weighted by Gasteiger charge is -2.34. The molecule has 1 fully saturated rings. The van der Waals surface area contributed by atoms with Crippen LogP contribution in [0.1, 0.15) is 44.6 Å². The summed E-state index contributed by atoms with van der Waals surface area (Å²) in [7, 11) is -4.22. The molecule has 212 valence electrons. The molecule has 0 heterocycles. The molecule has 0 aromatic heterocycles. The molecule has 0 saturated heterocycles. The van der Waals surface area contributed by atoms with Gasteiger partial charge >= 0.3 is 0 Å². The third-order valence-corrected chi connectivity index (χ3v) is 9.68. The second-order valence-corrected chi connectivity index (χ2v) is 12.5. The Morgan fingerprint density at radius 2 is 1.55 bits per heavy atom. The summed E-state index contributed by atoms with van der Waals surface area (Å²) in [6.07, 6.45) is 4.29. The maximum atomic E-state index is 14.1. The van der Waals surface area contributed by atoms with Crippen molar-refractivity contribution in [1.82, 2.24) is 10.2 Å². The SMILES string of the molecule is CC[C@H](C(=O)NC1CCCC1)N(Cc1ccccc1)C(=O)CN(c1cccc(Cl)c1Cl)S(=O)(=O)c1ccccc1. The summed E-state index contributed by atoms with van der Waals surface area (Å²) >= 11 is 12.7. The summed E-state index contributed by atoms with van der Waals surface area (Å²) in [6.45, 7) is 1.41. The van der Waals surface area contributed by atoms with Crippen LogP contribution >= 0.6 is 23.2 Å². The van der Waals surface area contributed by atoms with Gasteiger partial charge in [0.05, 0.1) is 20.6 Å². The number of amides is 2. The normalized spacial score (nSPS) is 14.5. The highest BCUT2D eigenvalue weighted by atomic mass is 35.5. The molecule has 1 aliphatic rings. The molecular weight excluding hydrogens is 569 g/mol. The topological polar surface area (TPSA) is 86.8 Å². The zero-order chi connectivity index (χ0) is 28.7. The van der Waals surface area contributed by atoms with Crippen LogP contribution in [0.15, 0.2) is 83.8 Å². The fourth-order valence-corrected chi connectivity index (χ4v) is 6.88. The Morgan fingerprint density at radius 3 is 2.17 bits per heavy atom. The second-order valence-electron chi connectivity index (χ2n) is 9.82. The predicted molar refractivity (Wildman–Crippen MR) is 159 cm³/mol. The number of halogens is 2. The lowest BCUT2D eigenvalue weighted by molar-refractivity contribution is -0.140. The first-order valence-electron chi connectivity index (χ1n) is 13.4. The molecule has 4 rings (SSSR count). The van der Waals surface area contributed by atoms with E-state index >= 15 is 0 Å². The average Bonchev–Trinajstić information content (AvgIpc) is 3.47. The van der Waals surface area contributed by atoms with Gasteiger partial charge in [0, 0.05) is 12.6 Å². The molecule has 3 aromatic carbocycles. The minimum absolute atomic E-state index is 0.000491. The van der Waals surface area contributed by atoms with Crippen LogP contribution in [0.25, 0.3) is 0 Å². The summed E-state index contributed by atoms with van der Waals surface area (Å²) in [5.41, 5.74) is 0.899. The Morgan fingerprint density at radius 1 is 0.925 bits per heavy atom. The minimum atomic E-state index is -4.22. The van der Waals surface area contributed by atoms with Gasteiger partial charge in [-0.1, -0.05) is 97.6 Å². The van der Waals surface area contributed by atoms with Crippen molar-refractivity contribution in [2.24, 2.45) is 0 Å². The molecule has 1 N–H and O–H groups in total. The van der Waals surface area contributed by atoms with Crippen LogP contribution in [0.4, 0.5) is 5.69 Å². The van der Waals surface area contributed by atoms with E-state index in [1.54, 1.807) is 30.3 Å². The Bertz CT molecular complexity index is 1420. The molecular formula is C30H33Cl2N3O4S. The first-order valence-corrected chi connectivity index (χ1v) is 15.6. The van der Waals surface area contributed by atoms with E-state index in [-0.39, 0.29) is 39.1 Å². The van der Waals surface area contributed by atoms with Crippen molar-refractivity contribution >= 4 is 50.7 Å². The van der Waals surface area contributed by atoms with E-state index in [0.29, 0.717) is 6.42 Å². The molecule has 10 heteroatoms. The summed E-state index contributed by atoms with van der Waals surface area (Å²) in [4.78, 5) is 29.0. The van der Waals surface area contributed by atoms with Crippen molar-refractivity contribution in [3.63, 3.8) is 0 Å². The average molecular weight is 603 g/mol. The summed E-state index contributed by atoms with van der Waals surface area (Å²) in [5.74, 6) is -0.773. The van der Waals surface area contributed by atoms with Gasteiger partial charge in [-0.15, -0.1) is 0 Å². The van der Waals surface area contributed by atoms with Crippen molar-refractivity contribution < 1.29 is 18.0 Å². The molecule has 0 unspecified atom stereocenters. The molecule has 1 atom stereocenters. The molecule has 0 bridgehead atoms. The van der Waals surface area contributed by atoms with E-state index in [0.717, 1.165) is 35.6 Å². The number of carbonyl (C=O) groups excluding carboxylic acids is 2. The number of hydrogen-bond acceptors (Lipinski definition) is 4. The van der Waals surface area contributed by atoms with Gasteiger partial charge in [0.2, 0.25) is 11.8 Å². The highest BCUT2D eigenvalue weighted by molar-refractivity contribution is 7.92. The first-order chi connectivity index (χ1) is 19.2. The molecule has 1 aliphatic carbocycles. The van der Waals surface area contributed by atoms with Gasteiger partial charge in [0.15, 0.2) is 0 Å². The first kappa shape index (κ1) is 29.9. The van der Waals surface area contributed by atoms with E-state index in [9.17, 15) is 18.0 Å². The van der Waals surface area contributed by atoms with Crippen LogP contribution in [0, 0.1) is 0 Å². The Balaban J connectivity index is 1.72. The number of rotatable bonds is 11. The highest BCUT2D eigenvalue weighted by Crippen LogP contribution is 2.35. The minimum Gasteiger partial charge on any atom is -0.352 e. The van der Waals surface area contributed by atoms with Crippen LogP contribution in [0.5, 0.6) is 0 Å². The third kappa shape index (κ3) is 6.97. The highest BCUT2D eigenvalue weighted by Gasteiger charge is 2.35. The quantitative estimate of drug-likeness (QED) is 0.289. The monoisotopic (exact) mass is 601 g/mol. The van der Waals surface area contributed by atoms with Crippen LogP contribution in [-0.4, -0.2) is 43.8 Å². The van der Waals surface area contributed by atoms with Gasteiger partial charge in [0.1, 0.15) is 12.6 Å². The van der Waals surface area contributed by atoms with Crippen LogP contribution in [0.2, 0.25) is 10.0 Å². The number of nitrogens with zero attached hydrogens (tertiary/aromatic N) is 2. The molecule has 2 amide bonds. The van der Waals surface area contributed by atoms with Gasteiger partial charge < -0.3 is 10.2 Å². The number of benzene rings is 3. The van der Waals surface area contributed by atoms with E-state index in [2.05, 4.69) is 5.32 Å². The van der Waals surface area contributed by atoms with Crippen molar-refractivity contribution in [2.45, 2.75) is 62.6 Å². The van der Waals surface area contributed by atoms with Crippen LogP contribution in [0.3, 0.4) is 0 Å². The number of anilines is 1. The van der Waals surface area contributed by atoms with Gasteiger partial charge in [0.25, 0.3) is 10.0 Å². The van der Waals surface area contributed by atoms with Crippen molar-refractivity contribution in [3.8, 4) is 0 Å². The molecule has 3 aromatic rings. The molecule has 40 heavy (non-hydrogen) atoms. The Labute approximate surface area is 246 Å². The number of hydrogen-bond donors (Lipinski definition) is 1. The summed E-state index contributed by atoms with van der Waals surface area (Å²) in [5, 5.41) is 3.27. The lowest BCUT2D eigenvalue weighted by Crippen LogP contribution is -2.53. The van der Waals surface area contributed by atoms with Gasteiger partial charge in [-0.05, 0) is 49.1 Å². The van der Waals surface area contributed by atoms with E-state index in [1.165, 1.54) is 23.1 Å². The van der Waals surface area contributed by atoms with Gasteiger partial charge in [-0.3, -0.25) is 13.9 Å². The third-order valence-electron chi connectivity index (χ3n) is 7.09.